The van der Waals surface area contributed by atoms with Crippen LogP contribution < -0.4 is 5.32 Å². The van der Waals surface area contributed by atoms with Crippen molar-refractivity contribution in [2.45, 2.75) is 0 Å². The van der Waals surface area contributed by atoms with Crippen LogP contribution in [0.1, 0.15) is 10.4 Å². The highest BCUT2D eigenvalue weighted by atomic mass is 79.9. The van der Waals surface area contributed by atoms with E-state index >= 15 is 0 Å². The molecule has 0 aliphatic carbocycles. The van der Waals surface area contributed by atoms with Crippen LogP contribution in [0.25, 0.3) is 0 Å². The summed E-state index contributed by atoms with van der Waals surface area (Å²) in [5, 5.41) is 2.49. The molecule has 0 fully saturated rings. The molecule has 3 nitrogen and oxygen atoms in total. The minimum absolute atomic E-state index is 0.103. The van der Waals surface area contributed by atoms with E-state index in [-0.39, 0.29) is 11.6 Å². The molecule has 0 saturated carbocycles. The number of carbonyl (C=O) groups excluding carboxylic acids is 1. The topological polar surface area (TPSA) is 42.0 Å². The first kappa shape index (κ1) is 13.2. The van der Waals surface area contributed by atoms with Crippen molar-refractivity contribution in [3.8, 4) is 0 Å². The lowest BCUT2D eigenvalue weighted by atomic mass is 10.2. The number of benzene rings is 1. The van der Waals surface area contributed by atoms with Gasteiger partial charge in [-0.3, -0.25) is 9.78 Å². The van der Waals surface area contributed by atoms with Gasteiger partial charge in [0.15, 0.2) is 5.82 Å². The molecule has 1 N–H and O–H groups in total. The number of anilines is 1. The van der Waals surface area contributed by atoms with Gasteiger partial charge in [0, 0.05) is 20.7 Å². The molecule has 92 valence electrons. The lowest BCUT2D eigenvalue weighted by molar-refractivity contribution is 0.102. The Balaban J connectivity index is 2.25. The minimum atomic E-state index is -0.570. The van der Waals surface area contributed by atoms with E-state index in [9.17, 15) is 9.18 Å². The smallest absolute Gasteiger partial charge is 0.255 e. The predicted molar refractivity (Wildman–Crippen MR) is 74.0 cm³/mol. The van der Waals surface area contributed by atoms with Gasteiger partial charge in [-0.15, -0.1) is 0 Å². The number of hydrogen-bond donors (Lipinski definition) is 1. The zero-order valence-corrected chi connectivity index (χ0v) is 12.1. The van der Waals surface area contributed by atoms with Gasteiger partial charge in [-0.1, -0.05) is 31.9 Å². The van der Waals surface area contributed by atoms with Crippen molar-refractivity contribution >= 4 is 43.5 Å². The molecule has 2 rings (SSSR count). The number of amides is 1. The molecule has 0 unspecified atom stereocenters. The third-order valence-corrected chi connectivity index (χ3v) is 3.06. The third kappa shape index (κ3) is 3.14. The van der Waals surface area contributed by atoms with Crippen LogP contribution in [-0.2, 0) is 0 Å². The molecule has 1 amide bonds. The maximum Gasteiger partial charge on any atom is 0.255 e. The van der Waals surface area contributed by atoms with E-state index < -0.39 is 5.82 Å². The zero-order valence-electron chi connectivity index (χ0n) is 8.95. The van der Waals surface area contributed by atoms with Gasteiger partial charge in [0.1, 0.15) is 0 Å². The van der Waals surface area contributed by atoms with E-state index in [4.69, 9.17) is 0 Å². The molecule has 0 radical (unpaired) electrons. The van der Waals surface area contributed by atoms with E-state index in [1.165, 1.54) is 12.3 Å². The monoisotopic (exact) mass is 372 g/mol. The molecule has 1 heterocycles. The Hall–Kier alpha value is -1.27. The number of halogens is 3. The largest absolute Gasteiger partial charge is 0.319 e. The van der Waals surface area contributed by atoms with E-state index in [1.807, 2.05) is 6.07 Å². The first-order chi connectivity index (χ1) is 8.56. The van der Waals surface area contributed by atoms with Crippen molar-refractivity contribution < 1.29 is 9.18 Å². The molecule has 0 atom stereocenters. The summed E-state index contributed by atoms with van der Waals surface area (Å²) < 4.78 is 14.9. The summed E-state index contributed by atoms with van der Waals surface area (Å²) in [6.45, 7) is 0. The van der Waals surface area contributed by atoms with Gasteiger partial charge < -0.3 is 5.32 Å². The molecule has 1 aromatic carbocycles. The van der Waals surface area contributed by atoms with Crippen LogP contribution in [0.5, 0.6) is 0 Å². The predicted octanol–water partition coefficient (Wildman–Crippen LogP) is 4.00. The zero-order chi connectivity index (χ0) is 13.1. The van der Waals surface area contributed by atoms with Crippen LogP contribution >= 0.6 is 31.9 Å². The highest BCUT2D eigenvalue weighted by Crippen LogP contribution is 2.21. The van der Waals surface area contributed by atoms with Gasteiger partial charge in [0.25, 0.3) is 5.91 Å². The second kappa shape index (κ2) is 5.58. The van der Waals surface area contributed by atoms with Gasteiger partial charge in [0.05, 0.1) is 11.9 Å². The standard InChI is InChI=1S/C12H7Br2FN2O/c13-8-3-7(4-9(14)5-8)12(18)17-11-1-2-16-6-10(11)15/h1-6H,(H,16,17,18). The molecule has 1 aromatic heterocycles. The van der Waals surface area contributed by atoms with Crippen LogP contribution in [0.4, 0.5) is 10.1 Å². The van der Waals surface area contributed by atoms with E-state index in [1.54, 1.807) is 12.1 Å². The summed E-state index contributed by atoms with van der Waals surface area (Å²) >= 11 is 6.57. The molecule has 0 aliphatic rings. The summed E-state index contributed by atoms with van der Waals surface area (Å²) in [7, 11) is 0. The Kier molecular flexibility index (Phi) is 4.08. The van der Waals surface area contributed by atoms with Crippen molar-refractivity contribution in [2.75, 3.05) is 5.32 Å². The highest BCUT2D eigenvalue weighted by Gasteiger charge is 2.10. The maximum absolute atomic E-state index is 13.3. The molecule has 0 saturated heterocycles. The van der Waals surface area contributed by atoms with Crippen LogP contribution in [0.15, 0.2) is 45.6 Å². The molecular formula is C12H7Br2FN2O. The van der Waals surface area contributed by atoms with Crippen molar-refractivity contribution in [2.24, 2.45) is 0 Å². The minimum Gasteiger partial charge on any atom is -0.319 e. The first-order valence-corrected chi connectivity index (χ1v) is 6.52. The Morgan fingerprint density at radius 1 is 1.22 bits per heavy atom. The van der Waals surface area contributed by atoms with Gasteiger partial charge >= 0.3 is 0 Å². The van der Waals surface area contributed by atoms with Crippen molar-refractivity contribution in [1.82, 2.24) is 4.98 Å². The summed E-state index contributed by atoms with van der Waals surface area (Å²) in [5.41, 5.74) is 0.526. The van der Waals surface area contributed by atoms with E-state index in [2.05, 4.69) is 42.2 Å². The summed E-state index contributed by atoms with van der Waals surface area (Å²) in [6.07, 6.45) is 2.46. The molecular weight excluding hydrogens is 367 g/mol. The van der Waals surface area contributed by atoms with Crippen LogP contribution in [0.2, 0.25) is 0 Å². The number of pyridine rings is 1. The molecule has 0 bridgehead atoms. The van der Waals surface area contributed by atoms with E-state index in [0.29, 0.717) is 5.56 Å². The van der Waals surface area contributed by atoms with Crippen LogP contribution in [0.3, 0.4) is 0 Å². The Bertz CT molecular complexity index is 584. The molecule has 18 heavy (non-hydrogen) atoms. The highest BCUT2D eigenvalue weighted by molar-refractivity contribution is 9.11. The third-order valence-electron chi connectivity index (χ3n) is 2.15. The van der Waals surface area contributed by atoms with Gasteiger partial charge in [-0.2, -0.15) is 0 Å². The fourth-order valence-electron chi connectivity index (χ4n) is 1.36. The van der Waals surface area contributed by atoms with Gasteiger partial charge in [0.2, 0.25) is 0 Å². The number of aromatic nitrogens is 1. The molecule has 0 spiro atoms. The maximum atomic E-state index is 13.3. The fraction of sp³-hybridized carbons (Fsp3) is 0. The normalized spacial score (nSPS) is 10.2. The van der Waals surface area contributed by atoms with Gasteiger partial charge in [-0.05, 0) is 24.3 Å². The van der Waals surface area contributed by atoms with Crippen molar-refractivity contribution in [3.63, 3.8) is 0 Å². The number of nitrogens with one attached hydrogen (secondary N) is 1. The van der Waals surface area contributed by atoms with Crippen molar-refractivity contribution in [3.05, 3.63) is 57.0 Å². The molecule has 0 aliphatic heterocycles. The number of hydrogen-bond acceptors (Lipinski definition) is 2. The quantitative estimate of drug-likeness (QED) is 0.864. The van der Waals surface area contributed by atoms with Crippen LogP contribution in [0, 0.1) is 5.82 Å². The Labute approximate surface area is 120 Å². The Morgan fingerprint density at radius 2 is 1.89 bits per heavy atom. The summed E-state index contributed by atoms with van der Waals surface area (Å²) in [5.74, 6) is -0.956. The number of rotatable bonds is 2. The first-order valence-electron chi connectivity index (χ1n) is 4.93. The number of carbonyl (C=O) groups is 1. The van der Waals surface area contributed by atoms with E-state index in [0.717, 1.165) is 15.1 Å². The summed E-state index contributed by atoms with van der Waals surface area (Å²) in [6, 6.07) is 6.52. The van der Waals surface area contributed by atoms with Crippen molar-refractivity contribution in [1.29, 1.82) is 0 Å². The lowest BCUT2D eigenvalue weighted by Gasteiger charge is -2.06. The van der Waals surface area contributed by atoms with Crippen LogP contribution in [-0.4, -0.2) is 10.9 Å². The van der Waals surface area contributed by atoms with Gasteiger partial charge in [-0.25, -0.2) is 4.39 Å². The number of nitrogens with zero attached hydrogens (tertiary/aromatic N) is 1. The average molecular weight is 374 g/mol. The Morgan fingerprint density at radius 3 is 2.50 bits per heavy atom. The second-order valence-corrected chi connectivity index (χ2v) is 5.30. The molecule has 2 aromatic rings. The second-order valence-electron chi connectivity index (χ2n) is 3.47. The lowest BCUT2D eigenvalue weighted by Crippen LogP contribution is -2.13. The fourth-order valence-corrected chi connectivity index (χ4v) is 2.65. The average Bonchev–Trinajstić information content (AvgIpc) is 2.31. The SMILES string of the molecule is O=C(Nc1ccncc1F)c1cc(Br)cc(Br)c1. The molecule has 6 heteroatoms. The summed E-state index contributed by atoms with van der Waals surface area (Å²) in [4.78, 5) is 15.5.